The maximum atomic E-state index is 12.8. The molecule has 0 radical (unpaired) electrons. The summed E-state index contributed by atoms with van der Waals surface area (Å²) in [6.45, 7) is 2.61. The molecule has 10 heteroatoms. The number of ether oxygens (including phenoxy) is 1. The highest BCUT2D eigenvalue weighted by molar-refractivity contribution is 7.89. The molecule has 2 amide bonds. The fourth-order valence-electron chi connectivity index (χ4n) is 4.79. The first-order valence-corrected chi connectivity index (χ1v) is 12.3. The van der Waals surface area contributed by atoms with E-state index < -0.39 is 10.0 Å². The average Bonchev–Trinajstić information content (AvgIpc) is 3.43. The van der Waals surface area contributed by atoms with Crippen LogP contribution in [-0.4, -0.2) is 81.4 Å². The zero-order valence-corrected chi connectivity index (χ0v) is 18.6. The highest BCUT2D eigenvalue weighted by atomic mass is 32.2. The van der Waals surface area contributed by atoms with Gasteiger partial charge in [-0.1, -0.05) is 0 Å². The first-order chi connectivity index (χ1) is 14.9. The maximum absolute atomic E-state index is 12.8. The van der Waals surface area contributed by atoms with Gasteiger partial charge in [0.25, 0.3) is 0 Å². The molecule has 2 N–H and O–H groups in total. The van der Waals surface area contributed by atoms with Gasteiger partial charge in [0.05, 0.1) is 18.0 Å². The van der Waals surface area contributed by atoms with Crippen molar-refractivity contribution in [1.29, 1.82) is 0 Å². The number of likely N-dealkylation sites (tertiary alicyclic amines) is 1. The molecule has 3 atom stereocenters. The van der Waals surface area contributed by atoms with Gasteiger partial charge in [0.15, 0.2) is 0 Å². The van der Waals surface area contributed by atoms with Gasteiger partial charge in [-0.15, -0.1) is 0 Å². The number of sulfonamides is 1. The predicted octanol–water partition coefficient (Wildman–Crippen LogP) is 0.317. The molecule has 0 bridgehead atoms. The maximum Gasteiger partial charge on any atom is 0.240 e. The number of hydrogen-bond acceptors (Lipinski definition) is 6. The van der Waals surface area contributed by atoms with Crippen molar-refractivity contribution in [2.24, 2.45) is 0 Å². The molecule has 0 saturated carbocycles. The van der Waals surface area contributed by atoms with Gasteiger partial charge in [-0.05, 0) is 49.9 Å². The van der Waals surface area contributed by atoms with Crippen molar-refractivity contribution in [3.05, 3.63) is 24.3 Å². The third kappa shape index (κ3) is 4.86. The molecule has 9 nitrogen and oxygen atoms in total. The lowest BCUT2D eigenvalue weighted by Gasteiger charge is -2.37. The molecule has 3 saturated heterocycles. The van der Waals surface area contributed by atoms with Crippen molar-refractivity contribution in [3.63, 3.8) is 0 Å². The summed E-state index contributed by atoms with van der Waals surface area (Å²) in [5, 5.41) is 2.93. The van der Waals surface area contributed by atoms with Crippen LogP contribution >= 0.6 is 0 Å². The van der Waals surface area contributed by atoms with Gasteiger partial charge >= 0.3 is 0 Å². The van der Waals surface area contributed by atoms with Gasteiger partial charge in [0.2, 0.25) is 21.8 Å². The Kier molecular flexibility index (Phi) is 6.49. The summed E-state index contributed by atoms with van der Waals surface area (Å²) in [4.78, 5) is 29.0. The van der Waals surface area contributed by atoms with Crippen molar-refractivity contribution < 1.29 is 22.7 Å². The number of hydrogen-bond donors (Lipinski definition) is 2. The summed E-state index contributed by atoms with van der Waals surface area (Å²) in [5.41, 5.74) is 0. The topological polar surface area (TPSA) is 108 Å². The van der Waals surface area contributed by atoms with Crippen LogP contribution in [0.1, 0.15) is 32.1 Å². The second-order valence-corrected chi connectivity index (χ2v) is 10.2. The molecule has 0 spiro atoms. The smallest absolute Gasteiger partial charge is 0.240 e. The van der Waals surface area contributed by atoms with Crippen molar-refractivity contribution in [3.8, 4) is 5.75 Å². The number of piperazine rings is 1. The number of rotatable bonds is 7. The van der Waals surface area contributed by atoms with Crippen LogP contribution in [0, 0.1) is 0 Å². The zero-order valence-electron chi connectivity index (χ0n) is 17.7. The van der Waals surface area contributed by atoms with Gasteiger partial charge in [-0.25, -0.2) is 13.1 Å². The Labute approximate surface area is 183 Å². The van der Waals surface area contributed by atoms with Crippen LogP contribution in [0.2, 0.25) is 0 Å². The molecule has 3 aliphatic heterocycles. The summed E-state index contributed by atoms with van der Waals surface area (Å²) >= 11 is 0. The molecule has 4 rings (SSSR count). The van der Waals surface area contributed by atoms with E-state index >= 15 is 0 Å². The summed E-state index contributed by atoms with van der Waals surface area (Å²) in [6, 6.07) is 5.51. The van der Waals surface area contributed by atoms with E-state index in [2.05, 4.69) is 14.9 Å². The molecule has 0 aliphatic carbocycles. The van der Waals surface area contributed by atoms with Crippen molar-refractivity contribution in [2.45, 2.75) is 55.1 Å². The zero-order chi connectivity index (χ0) is 22.0. The second-order valence-electron chi connectivity index (χ2n) is 8.47. The molecular weight excluding hydrogens is 420 g/mol. The summed E-state index contributed by atoms with van der Waals surface area (Å²) in [5.74, 6) is 0.676. The normalized spacial score (nSPS) is 26.5. The van der Waals surface area contributed by atoms with E-state index in [1.807, 2.05) is 4.90 Å². The number of fused-ring (bicyclic) bond motifs is 1. The molecule has 0 unspecified atom stereocenters. The molecule has 31 heavy (non-hydrogen) atoms. The minimum atomic E-state index is -3.71. The van der Waals surface area contributed by atoms with Crippen molar-refractivity contribution in [1.82, 2.24) is 19.8 Å². The molecule has 170 valence electrons. The Morgan fingerprint density at radius 3 is 2.61 bits per heavy atom. The third-order valence-electron chi connectivity index (χ3n) is 6.46. The Bertz CT molecular complexity index is 914. The molecule has 3 aliphatic rings. The van der Waals surface area contributed by atoms with E-state index in [0.717, 1.165) is 25.9 Å². The van der Waals surface area contributed by atoms with Gasteiger partial charge in [0.1, 0.15) is 5.75 Å². The average molecular weight is 451 g/mol. The second kappa shape index (κ2) is 9.13. The minimum absolute atomic E-state index is 0.0322. The SMILES string of the molecule is COc1ccc(S(=O)(=O)N[C@@H]2C[C@H]3C(=O)NC[C@@H](CCC(=O)N4CCCC4)N3C2)cc1. The number of nitrogens with zero attached hydrogens (tertiary/aromatic N) is 2. The monoisotopic (exact) mass is 450 g/mol. The van der Waals surface area contributed by atoms with Gasteiger partial charge in [-0.3, -0.25) is 14.5 Å². The van der Waals surface area contributed by atoms with Crippen LogP contribution in [0.4, 0.5) is 0 Å². The quantitative estimate of drug-likeness (QED) is 0.619. The van der Waals surface area contributed by atoms with E-state index in [0.29, 0.717) is 38.1 Å². The third-order valence-corrected chi connectivity index (χ3v) is 8.00. The van der Waals surface area contributed by atoms with E-state index in [-0.39, 0.29) is 34.8 Å². The Balaban J connectivity index is 1.38. The first-order valence-electron chi connectivity index (χ1n) is 10.8. The molecular formula is C21H30N4O5S. The molecule has 0 aromatic heterocycles. The van der Waals surface area contributed by atoms with Gasteiger partial charge in [0, 0.05) is 44.7 Å². The summed E-state index contributed by atoms with van der Waals surface area (Å²) in [6.07, 6.45) is 3.65. The van der Waals surface area contributed by atoms with E-state index in [1.165, 1.54) is 19.2 Å². The number of amides is 2. The lowest BCUT2D eigenvalue weighted by Crippen LogP contribution is -2.58. The van der Waals surface area contributed by atoms with Crippen molar-refractivity contribution in [2.75, 3.05) is 33.3 Å². The number of methoxy groups -OCH3 is 1. The molecule has 3 fully saturated rings. The number of carbonyl (C=O) groups is 2. The lowest BCUT2D eigenvalue weighted by molar-refractivity contribution is -0.131. The van der Waals surface area contributed by atoms with Crippen LogP contribution in [0.5, 0.6) is 5.75 Å². The largest absolute Gasteiger partial charge is 0.497 e. The standard InChI is InChI=1S/C21H30N4O5S/c1-30-17-5-7-18(8-6-17)31(28,29)23-15-12-19-21(27)22-13-16(25(19)14-15)4-9-20(26)24-10-2-3-11-24/h5-8,15-16,19,23H,2-4,9-14H2,1H3,(H,22,27)/t15-,16-,19+/m1/s1. The molecule has 1 aromatic rings. The van der Waals surface area contributed by atoms with Crippen LogP contribution in [0.15, 0.2) is 29.2 Å². The molecule has 1 aromatic carbocycles. The first kappa shape index (κ1) is 22.0. The van der Waals surface area contributed by atoms with E-state index in [1.54, 1.807) is 12.1 Å². The van der Waals surface area contributed by atoms with Crippen LogP contribution in [-0.2, 0) is 19.6 Å². The van der Waals surface area contributed by atoms with Gasteiger partial charge in [-0.2, -0.15) is 0 Å². The Morgan fingerprint density at radius 1 is 1.23 bits per heavy atom. The number of nitrogens with one attached hydrogen (secondary N) is 2. The fourth-order valence-corrected chi connectivity index (χ4v) is 6.03. The van der Waals surface area contributed by atoms with Crippen LogP contribution < -0.4 is 14.8 Å². The van der Waals surface area contributed by atoms with Crippen LogP contribution in [0.25, 0.3) is 0 Å². The van der Waals surface area contributed by atoms with Gasteiger partial charge < -0.3 is 15.0 Å². The number of benzene rings is 1. The Morgan fingerprint density at radius 2 is 1.94 bits per heavy atom. The lowest BCUT2D eigenvalue weighted by atomic mass is 10.0. The van der Waals surface area contributed by atoms with Crippen LogP contribution in [0.3, 0.4) is 0 Å². The predicted molar refractivity (Wildman–Crippen MR) is 114 cm³/mol. The van der Waals surface area contributed by atoms with E-state index in [4.69, 9.17) is 4.74 Å². The summed E-state index contributed by atoms with van der Waals surface area (Å²) < 4.78 is 33.4. The highest BCUT2D eigenvalue weighted by Crippen LogP contribution is 2.27. The van der Waals surface area contributed by atoms with E-state index in [9.17, 15) is 18.0 Å². The highest BCUT2D eigenvalue weighted by Gasteiger charge is 2.44. The summed E-state index contributed by atoms with van der Waals surface area (Å²) in [7, 11) is -2.18. The number of carbonyl (C=O) groups excluding carboxylic acids is 2. The minimum Gasteiger partial charge on any atom is -0.497 e. The Hall–Kier alpha value is -2.17. The molecule has 3 heterocycles. The van der Waals surface area contributed by atoms with Crippen molar-refractivity contribution >= 4 is 21.8 Å². The fraction of sp³-hybridized carbons (Fsp3) is 0.619.